The number of thioether (sulfide) groups is 1. The highest BCUT2D eigenvalue weighted by atomic mass is 35.5. The molecule has 1 heterocycles. The molecule has 0 saturated carbocycles. The third kappa shape index (κ3) is 3.38. The van der Waals surface area contributed by atoms with Crippen LogP contribution in [0.2, 0.25) is 5.02 Å². The Kier molecular flexibility index (Phi) is 4.29. The van der Waals surface area contributed by atoms with Gasteiger partial charge in [0.05, 0.1) is 12.1 Å². The molecule has 2 nitrogen and oxygen atoms in total. The number of nitrogens with zero attached hydrogens (tertiary/aromatic N) is 1. The lowest BCUT2D eigenvalue weighted by Crippen LogP contribution is -1.86. The zero-order valence-electron chi connectivity index (χ0n) is 9.39. The Balaban J connectivity index is 2.00. The topological polar surface area (TPSA) is 22.1 Å². The van der Waals surface area contributed by atoms with Gasteiger partial charge < -0.3 is 4.74 Å². The molecular formula is C13H12ClNOS. The Hall–Kier alpha value is -1.19. The fraction of sp³-hybridized carbons (Fsp3) is 0.154. The molecule has 0 aliphatic carbocycles. The third-order valence-electron chi connectivity index (χ3n) is 2.26. The second-order valence-electron chi connectivity index (χ2n) is 3.43. The molecule has 0 fully saturated rings. The number of halogens is 1. The molecule has 0 atom stereocenters. The minimum atomic E-state index is 0.700. The van der Waals surface area contributed by atoms with Crippen molar-refractivity contribution in [2.45, 2.75) is 10.8 Å². The summed E-state index contributed by atoms with van der Waals surface area (Å²) in [5.74, 6) is 1.72. The monoisotopic (exact) mass is 265 g/mol. The number of hydrogen-bond donors (Lipinski definition) is 0. The quantitative estimate of drug-likeness (QED) is 0.779. The minimum absolute atomic E-state index is 0.700. The van der Waals surface area contributed by atoms with Gasteiger partial charge in [0.15, 0.2) is 0 Å². The first-order valence-electron chi connectivity index (χ1n) is 5.16. The standard InChI is InChI=1S/C13H12ClNOS/c1-16-11-6-4-10(5-7-11)9-17-13-12(14)3-2-8-15-13/h2-8H,9H2,1H3. The highest BCUT2D eigenvalue weighted by molar-refractivity contribution is 7.98. The molecule has 2 aromatic rings. The minimum Gasteiger partial charge on any atom is -0.497 e. The van der Waals surface area contributed by atoms with Crippen LogP contribution >= 0.6 is 23.4 Å². The van der Waals surface area contributed by atoms with Crippen LogP contribution in [0.5, 0.6) is 5.75 Å². The van der Waals surface area contributed by atoms with Crippen LogP contribution < -0.4 is 4.74 Å². The van der Waals surface area contributed by atoms with Gasteiger partial charge in [0, 0.05) is 11.9 Å². The van der Waals surface area contributed by atoms with Gasteiger partial charge in [-0.25, -0.2) is 4.98 Å². The number of ether oxygens (including phenoxy) is 1. The van der Waals surface area contributed by atoms with E-state index in [9.17, 15) is 0 Å². The number of methoxy groups -OCH3 is 1. The van der Waals surface area contributed by atoms with E-state index in [0.29, 0.717) is 5.02 Å². The highest BCUT2D eigenvalue weighted by Crippen LogP contribution is 2.27. The lowest BCUT2D eigenvalue weighted by atomic mass is 10.2. The second-order valence-corrected chi connectivity index (χ2v) is 4.80. The van der Waals surface area contributed by atoms with Crippen LogP contribution in [0, 0.1) is 0 Å². The summed E-state index contributed by atoms with van der Waals surface area (Å²) in [7, 11) is 1.66. The van der Waals surface area contributed by atoms with E-state index in [1.54, 1.807) is 25.1 Å². The molecule has 17 heavy (non-hydrogen) atoms. The molecule has 0 aliphatic rings. The van der Waals surface area contributed by atoms with Crippen molar-refractivity contribution in [1.82, 2.24) is 4.98 Å². The van der Waals surface area contributed by atoms with E-state index in [1.165, 1.54) is 5.56 Å². The predicted octanol–water partition coefficient (Wildman–Crippen LogP) is 4.04. The number of benzene rings is 1. The molecule has 0 amide bonds. The summed E-state index contributed by atoms with van der Waals surface area (Å²) >= 11 is 7.66. The summed E-state index contributed by atoms with van der Waals surface area (Å²) in [4.78, 5) is 4.23. The SMILES string of the molecule is COc1ccc(CSc2ncccc2Cl)cc1. The van der Waals surface area contributed by atoms with Crippen molar-refractivity contribution >= 4 is 23.4 Å². The van der Waals surface area contributed by atoms with Gasteiger partial charge in [-0.05, 0) is 29.8 Å². The van der Waals surface area contributed by atoms with Gasteiger partial charge in [-0.15, -0.1) is 11.8 Å². The average molecular weight is 266 g/mol. The molecule has 2 rings (SSSR count). The molecule has 0 radical (unpaired) electrons. The van der Waals surface area contributed by atoms with Crippen molar-refractivity contribution in [2.24, 2.45) is 0 Å². The van der Waals surface area contributed by atoms with Gasteiger partial charge in [-0.2, -0.15) is 0 Å². The molecule has 0 spiro atoms. The summed E-state index contributed by atoms with van der Waals surface area (Å²) in [6.07, 6.45) is 1.75. The van der Waals surface area contributed by atoms with Crippen molar-refractivity contribution in [1.29, 1.82) is 0 Å². The van der Waals surface area contributed by atoms with E-state index in [0.717, 1.165) is 16.5 Å². The number of aromatic nitrogens is 1. The van der Waals surface area contributed by atoms with Crippen LogP contribution in [0.15, 0.2) is 47.6 Å². The van der Waals surface area contributed by atoms with Crippen molar-refractivity contribution < 1.29 is 4.74 Å². The highest BCUT2D eigenvalue weighted by Gasteiger charge is 2.02. The van der Waals surface area contributed by atoms with Crippen LogP contribution in [0.25, 0.3) is 0 Å². The molecule has 1 aromatic heterocycles. The lowest BCUT2D eigenvalue weighted by molar-refractivity contribution is 0.414. The zero-order valence-corrected chi connectivity index (χ0v) is 11.0. The first-order chi connectivity index (χ1) is 8.29. The Bertz CT molecular complexity index is 487. The molecule has 0 aliphatic heterocycles. The number of rotatable bonds is 4. The Morgan fingerprint density at radius 1 is 1.24 bits per heavy atom. The molecule has 4 heteroatoms. The van der Waals surface area contributed by atoms with Gasteiger partial charge in [-0.1, -0.05) is 23.7 Å². The van der Waals surface area contributed by atoms with Gasteiger partial charge in [0.2, 0.25) is 0 Å². The van der Waals surface area contributed by atoms with E-state index in [2.05, 4.69) is 4.98 Å². The molecule has 88 valence electrons. The van der Waals surface area contributed by atoms with Gasteiger partial charge in [0.1, 0.15) is 10.8 Å². The number of pyridine rings is 1. The van der Waals surface area contributed by atoms with Crippen molar-refractivity contribution in [3.63, 3.8) is 0 Å². The van der Waals surface area contributed by atoms with E-state index < -0.39 is 0 Å². The van der Waals surface area contributed by atoms with Crippen molar-refractivity contribution in [2.75, 3.05) is 7.11 Å². The third-order valence-corrected chi connectivity index (χ3v) is 3.75. The Labute approximate surface area is 110 Å². The van der Waals surface area contributed by atoms with Crippen LogP contribution in [-0.4, -0.2) is 12.1 Å². The molecular weight excluding hydrogens is 254 g/mol. The summed E-state index contributed by atoms with van der Waals surface area (Å²) < 4.78 is 5.11. The van der Waals surface area contributed by atoms with E-state index in [1.807, 2.05) is 36.4 Å². The van der Waals surface area contributed by atoms with Gasteiger partial charge in [-0.3, -0.25) is 0 Å². The maximum absolute atomic E-state index is 6.03. The average Bonchev–Trinajstić information content (AvgIpc) is 2.38. The normalized spacial score (nSPS) is 10.2. The van der Waals surface area contributed by atoms with Crippen LogP contribution in [0.3, 0.4) is 0 Å². The van der Waals surface area contributed by atoms with Crippen LogP contribution in [0.1, 0.15) is 5.56 Å². The fourth-order valence-electron chi connectivity index (χ4n) is 1.35. The molecule has 1 aromatic carbocycles. The Morgan fingerprint density at radius 2 is 2.00 bits per heavy atom. The van der Waals surface area contributed by atoms with Gasteiger partial charge in [0.25, 0.3) is 0 Å². The fourth-order valence-corrected chi connectivity index (χ4v) is 2.47. The van der Waals surface area contributed by atoms with Crippen LogP contribution in [0.4, 0.5) is 0 Å². The van der Waals surface area contributed by atoms with Crippen LogP contribution in [-0.2, 0) is 5.75 Å². The molecule has 0 N–H and O–H groups in total. The first-order valence-corrected chi connectivity index (χ1v) is 6.52. The summed E-state index contributed by atoms with van der Waals surface area (Å²) in [6, 6.07) is 11.7. The molecule has 0 saturated heterocycles. The molecule has 0 bridgehead atoms. The smallest absolute Gasteiger partial charge is 0.118 e. The van der Waals surface area contributed by atoms with Crippen molar-refractivity contribution in [3.05, 3.63) is 53.2 Å². The maximum atomic E-state index is 6.03. The summed E-state index contributed by atoms with van der Waals surface area (Å²) in [5.41, 5.74) is 1.22. The van der Waals surface area contributed by atoms with E-state index >= 15 is 0 Å². The van der Waals surface area contributed by atoms with E-state index in [-0.39, 0.29) is 0 Å². The first kappa shape index (κ1) is 12.3. The zero-order chi connectivity index (χ0) is 12.1. The van der Waals surface area contributed by atoms with E-state index in [4.69, 9.17) is 16.3 Å². The summed E-state index contributed by atoms with van der Waals surface area (Å²) in [5, 5.41) is 1.57. The maximum Gasteiger partial charge on any atom is 0.118 e. The predicted molar refractivity (Wildman–Crippen MR) is 71.8 cm³/mol. The number of hydrogen-bond acceptors (Lipinski definition) is 3. The van der Waals surface area contributed by atoms with Gasteiger partial charge >= 0.3 is 0 Å². The summed E-state index contributed by atoms with van der Waals surface area (Å²) in [6.45, 7) is 0. The lowest BCUT2D eigenvalue weighted by Gasteiger charge is -2.04. The largest absolute Gasteiger partial charge is 0.497 e. The van der Waals surface area contributed by atoms with Crippen molar-refractivity contribution in [3.8, 4) is 5.75 Å². The Morgan fingerprint density at radius 3 is 2.65 bits per heavy atom. The molecule has 0 unspecified atom stereocenters. The second kappa shape index (κ2) is 5.94.